The normalized spacial score (nSPS) is 10.9. The molecule has 0 atom stereocenters. The molecular weight excluding hydrogens is 224 g/mol. The molecule has 92 valence electrons. The Hall–Kier alpha value is -2.09. The molecule has 0 spiro atoms. The number of fused-ring (bicyclic) bond motifs is 1. The fourth-order valence-corrected chi connectivity index (χ4v) is 1.82. The maximum atomic E-state index is 11.2. The molecular formula is C16H16O2. The van der Waals surface area contributed by atoms with E-state index in [0.717, 1.165) is 5.56 Å². The van der Waals surface area contributed by atoms with Crippen molar-refractivity contribution in [3.05, 3.63) is 54.1 Å². The van der Waals surface area contributed by atoms with Gasteiger partial charge in [-0.1, -0.05) is 48.6 Å². The van der Waals surface area contributed by atoms with Crippen molar-refractivity contribution in [2.24, 2.45) is 0 Å². The summed E-state index contributed by atoms with van der Waals surface area (Å²) < 4.78 is 4.86. The van der Waals surface area contributed by atoms with Crippen LogP contribution in [0, 0.1) is 0 Å². The maximum absolute atomic E-state index is 11.2. The molecule has 0 amide bonds. The molecule has 0 aliphatic carbocycles. The Bertz CT molecular complexity index is 570. The molecule has 2 rings (SSSR count). The fourth-order valence-electron chi connectivity index (χ4n) is 1.82. The first kappa shape index (κ1) is 12.4. The smallest absolute Gasteiger partial charge is 0.309 e. The van der Waals surface area contributed by atoms with Crippen molar-refractivity contribution >= 4 is 22.8 Å². The zero-order valence-corrected chi connectivity index (χ0v) is 10.4. The van der Waals surface area contributed by atoms with Crippen LogP contribution in [0.5, 0.6) is 0 Å². The summed E-state index contributed by atoms with van der Waals surface area (Å²) in [7, 11) is 0. The second-order valence-electron chi connectivity index (χ2n) is 4.02. The molecule has 2 aromatic carbocycles. The zero-order valence-electron chi connectivity index (χ0n) is 10.4. The van der Waals surface area contributed by atoms with Crippen molar-refractivity contribution in [1.29, 1.82) is 0 Å². The van der Waals surface area contributed by atoms with Gasteiger partial charge in [-0.3, -0.25) is 4.79 Å². The molecule has 0 aliphatic rings. The minimum Gasteiger partial charge on any atom is -0.466 e. The molecule has 0 saturated heterocycles. The second kappa shape index (κ2) is 6.01. The van der Waals surface area contributed by atoms with Crippen LogP contribution < -0.4 is 0 Å². The van der Waals surface area contributed by atoms with E-state index in [1.165, 1.54) is 10.8 Å². The number of hydrogen-bond acceptors (Lipinski definition) is 2. The molecule has 0 saturated carbocycles. The predicted octanol–water partition coefficient (Wildman–Crippen LogP) is 3.81. The van der Waals surface area contributed by atoms with Gasteiger partial charge < -0.3 is 4.74 Å². The van der Waals surface area contributed by atoms with Crippen LogP contribution >= 0.6 is 0 Å². The average molecular weight is 240 g/mol. The SMILES string of the molecule is CCOC(=O)C/C=C/c1ccc2ccccc2c1. The number of ether oxygens (including phenoxy) is 1. The van der Waals surface area contributed by atoms with Gasteiger partial charge in [-0.15, -0.1) is 0 Å². The highest BCUT2D eigenvalue weighted by Crippen LogP contribution is 2.16. The highest BCUT2D eigenvalue weighted by molar-refractivity contribution is 5.84. The van der Waals surface area contributed by atoms with Gasteiger partial charge in [0.05, 0.1) is 13.0 Å². The molecule has 0 bridgehead atoms. The van der Waals surface area contributed by atoms with Crippen molar-refractivity contribution < 1.29 is 9.53 Å². The first-order chi connectivity index (χ1) is 8.79. The van der Waals surface area contributed by atoms with Crippen LogP contribution in [0.15, 0.2) is 48.5 Å². The molecule has 18 heavy (non-hydrogen) atoms. The summed E-state index contributed by atoms with van der Waals surface area (Å²) in [5.74, 6) is -0.186. The van der Waals surface area contributed by atoms with Crippen molar-refractivity contribution in [2.45, 2.75) is 13.3 Å². The molecule has 2 nitrogen and oxygen atoms in total. The zero-order chi connectivity index (χ0) is 12.8. The minimum atomic E-state index is -0.186. The minimum absolute atomic E-state index is 0.186. The standard InChI is InChI=1S/C16H16O2/c1-2-18-16(17)9-5-6-13-10-11-14-7-3-4-8-15(14)12-13/h3-8,10-12H,2,9H2,1H3/b6-5+. The average Bonchev–Trinajstić information content (AvgIpc) is 2.39. The number of esters is 1. The van der Waals surface area contributed by atoms with E-state index in [2.05, 4.69) is 24.3 Å². The largest absolute Gasteiger partial charge is 0.466 e. The fraction of sp³-hybridized carbons (Fsp3) is 0.188. The maximum Gasteiger partial charge on any atom is 0.309 e. The van der Waals surface area contributed by atoms with E-state index in [0.29, 0.717) is 13.0 Å². The third kappa shape index (κ3) is 3.20. The van der Waals surface area contributed by atoms with E-state index < -0.39 is 0 Å². The van der Waals surface area contributed by atoms with Crippen molar-refractivity contribution in [2.75, 3.05) is 6.61 Å². The third-order valence-corrected chi connectivity index (χ3v) is 2.67. The lowest BCUT2D eigenvalue weighted by molar-refractivity contribution is -0.142. The molecule has 0 N–H and O–H groups in total. The summed E-state index contributed by atoms with van der Waals surface area (Å²) in [4.78, 5) is 11.2. The van der Waals surface area contributed by atoms with Gasteiger partial charge >= 0.3 is 5.97 Å². The van der Waals surface area contributed by atoms with E-state index in [1.54, 1.807) is 0 Å². The van der Waals surface area contributed by atoms with Gasteiger partial charge in [-0.2, -0.15) is 0 Å². The Morgan fingerprint density at radius 3 is 2.72 bits per heavy atom. The van der Waals surface area contributed by atoms with Crippen LogP contribution in [-0.2, 0) is 9.53 Å². The van der Waals surface area contributed by atoms with Crippen LogP contribution in [0.4, 0.5) is 0 Å². The Morgan fingerprint density at radius 2 is 1.94 bits per heavy atom. The van der Waals surface area contributed by atoms with E-state index in [1.807, 2.05) is 37.3 Å². The monoisotopic (exact) mass is 240 g/mol. The topological polar surface area (TPSA) is 26.3 Å². The number of carbonyl (C=O) groups excluding carboxylic acids is 1. The van der Waals surface area contributed by atoms with Gasteiger partial charge in [0.1, 0.15) is 0 Å². The Morgan fingerprint density at radius 1 is 1.17 bits per heavy atom. The molecule has 0 heterocycles. The highest BCUT2D eigenvalue weighted by Gasteiger charge is 1.97. The van der Waals surface area contributed by atoms with Crippen LogP contribution in [0.25, 0.3) is 16.8 Å². The lowest BCUT2D eigenvalue weighted by Gasteiger charge is -1.99. The van der Waals surface area contributed by atoms with E-state index in [9.17, 15) is 4.79 Å². The molecule has 0 fully saturated rings. The van der Waals surface area contributed by atoms with Crippen molar-refractivity contribution in [3.63, 3.8) is 0 Å². The number of hydrogen-bond donors (Lipinski definition) is 0. The molecule has 2 heteroatoms. The van der Waals surface area contributed by atoms with Crippen molar-refractivity contribution in [3.8, 4) is 0 Å². The lowest BCUT2D eigenvalue weighted by Crippen LogP contribution is -2.01. The molecule has 0 radical (unpaired) electrons. The van der Waals surface area contributed by atoms with Gasteiger partial charge in [0, 0.05) is 0 Å². The van der Waals surface area contributed by atoms with Crippen molar-refractivity contribution in [1.82, 2.24) is 0 Å². The van der Waals surface area contributed by atoms with Crippen LogP contribution in [0.2, 0.25) is 0 Å². The van der Waals surface area contributed by atoms with Gasteiger partial charge in [-0.05, 0) is 29.3 Å². The molecule has 0 aromatic heterocycles. The highest BCUT2D eigenvalue weighted by atomic mass is 16.5. The quantitative estimate of drug-likeness (QED) is 0.760. The number of rotatable bonds is 4. The third-order valence-electron chi connectivity index (χ3n) is 2.67. The predicted molar refractivity (Wildman–Crippen MR) is 74.2 cm³/mol. The van der Waals surface area contributed by atoms with Gasteiger partial charge in [0.25, 0.3) is 0 Å². The first-order valence-electron chi connectivity index (χ1n) is 6.10. The van der Waals surface area contributed by atoms with Gasteiger partial charge in [-0.25, -0.2) is 0 Å². The number of benzene rings is 2. The lowest BCUT2D eigenvalue weighted by atomic mass is 10.1. The van der Waals surface area contributed by atoms with E-state index in [4.69, 9.17) is 4.74 Å². The van der Waals surface area contributed by atoms with Gasteiger partial charge in [0.2, 0.25) is 0 Å². The Balaban J connectivity index is 2.07. The summed E-state index contributed by atoms with van der Waals surface area (Å²) in [6.07, 6.45) is 4.10. The Labute approximate surface area is 107 Å². The van der Waals surface area contributed by atoms with Crippen LogP contribution in [0.1, 0.15) is 18.9 Å². The van der Waals surface area contributed by atoms with E-state index in [-0.39, 0.29) is 5.97 Å². The van der Waals surface area contributed by atoms with Crippen LogP contribution in [0.3, 0.4) is 0 Å². The molecule has 0 unspecified atom stereocenters. The van der Waals surface area contributed by atoms with E-state index >= 15 is 0 Å². The summed E-state index contributed by atoms with van der Waals surface area (Å²) >= 11 is 0. The summed E-state index contributed by atoms with van der Waals surface area (Å²) in [5, 5.41) is 2.43. The molecule has 2 aromatic rings. The second-order valence-corrected chi connectivity index (χ2v) is 4.02. The summed E-state index contributed by atoms with van der Waals surface area (Å²) in [5.41, 5.74) is 1.10. The summed E-state index contributed by atoms with van der Waals surface area (Å²) in [6.45, 7) is 2.24. The number of carbonyl (C=O) groups is 1. The molecule has 0 aliphatic heterocycles. The van der Waals surface area contributed by atoms with Crippen LogP contribution in [-0.4, -0.2) is 12.6 Å². The summed E-state index contributed by atoms with van der Waals surface area (Å²) in [6, 6.07) is 14.5. The first-order valence-corrected chi connectivity index (χ1v) is 6.10. The Kier molecular flexibility index (Phi) is 4.13. The van der Waals surface area contributed by atoms with Gasteiger partial charge in [0.15, 0.2) is 0 Å².